The normalized spacial score (nSPS) is 14.5. The Morgan fingerprint density at radius 3 is 2.44 bits per heavy atom. The van der Waals surface area contributed by atoms with Crippen molar-refractivity contribution in [1.82, 2.24) is 5.32 Å². The molecule has 0 heterocycles. The third kappa shape index (κ3) is 4.44. The summed E-state index contributed by atoms with van der Waals surface area (Å²) in [7, 11) is 3.27. The minimum Gasteiger partial charge on any atom is -0.497 e. The molecule has 0 spiro atoms. The van der Waals surface area contributed by atoms with E-state index >= 15 is 0 Å². The van der Waals surface area contributed by atoms with Crippen LogP contribution in [0.1, 0.15) is 24.4 Å². The molecule has 0 aliphatic heterocycles. The van der Waals surface area contributed by atoms with Crippen LogP contribution in [0.3, 0.4) is 0 Å². The van der Waals surface area contributed by atoms with Gasteiger partial charge in [0.2, 0.25) is 5.91 Å². The van der Waals surface area contributed by atoms with Gasteiger partial charge in [-0.1, -0.05) is 24.3 Å². The molecule has 25 heavy (non-hydrogen) atoms. The number of benzene rings is 2. The molecule has 132 valence electrons. The Labute approximate surface area is 148 Å². The molecule has 5 nitrogen and oxygen atoms in total. The van der Waals surface area contributed by atoms with E-state index in [0.717, 1.165) is 35.6 Å². The van der Waals surface area contributed by atoms with Crippen LogP contribution >= 0.6 is 0 Å². The Morgan fingerprint density at radius 2 is 1.80 bits per heavy atom. The van der Waals surface area contributed by atoms with Crippen molar-refractivity contribution in [3.8, 4) is 11.5 Å². The second-order valence-electron chi connectivity index (χ2n) is 6.21. The average Bonchev–Trinajstić information content (AvgIpc) is 3.50. The summed E-state index contributed by atoms with van der Waals surface area (Å²) in [6.45, 7) is 0.208. The monoisotopic (exact) mass is 340 g/mol. The molecule has 1 aliphatic carbocycles. The molecule has 0 aromatic heterocycles. The fourth-order valence-electron chi connectivity index (χ4n) is 2.90. The van der Waals surface area contributed by atoms with Crippen molar-refractivity contribution in [2.24, 2.45) is 5.92 Å². The number of anilines is 1. The van der Waals surface area contributed by atoms with Crippen molar-refractivity contribution < 1.29 is 14.3 Å². The molecule has 2 aromatic carbocycles. The number of amides is 1. The SMILES string of the molecule is COc1ccc(C(NC(=O)CNc2ccccc2OC)C2CC2)cc1. The highest BCUT2D eigenvalue weighted by Crippen LogP contribution is 2.41. The van der Waals surface area contributed by atoms with Gasteiger partial charge in [-0.25, -0.2) is 0 Å². The Hall–Kier alpha value is -2.69. The first-order chi connectivity index (χ1) is 12.2. The van der Waals surface area contributed by atoms with Crippen LogP contribution in [0.5, 0.6) is 11.5 Å². The molecule has 0 saturated heterocycles. The lowest BCUT2D eigenvalue weighted by atomic mass is 10.0. The summed E-state index contributed by atoms with van der Waals surface area (Å²) in [6.07, 6.45) is 2.30. The minimum absolute atomic E-state index is 0.0291. The van der Waals surface area contributed by atoms with E-state index in [2.05, 4.69) is 10.6 Å². The minimum atomic E-state index is -0.0291. The summed E-state index contributed by atoms with van der Waals surface area (Å²) in [5.41, 5.74) is 1.93. The van der Waals surface area contributed by atoms with Crippen molar-refractivity contribution in [3.63, 3.8) is 0 Å². The number of para-hydroxylation sites is 2. The van der Waals surface area contributed by atoms with Crippen molar-refractivity contribution >= 4 is 11.6 Å². The van der Waals surface area contributed by atoms with Gasteiger partial charge in [0.1, 0.15) is 11.5 Å². The van der Waals surface area contributed by atoms with Crippen LogP contribution in [0.4, 0.5) is 5.69 Å². The zero-order valence-corrected chi connectivity index (χ0v) is 14.6. The van der Waals surface area contributed by atoms with E-state index < -0.39 is 0 Å². The maximum atomic E-state index is 12.4. The standard InChI is InChI=1S/C20H24N2O3/c1-24-16-11-9-15(10-12-16)20(14-7-8-14)22-19(23)13-21-17-5-3-4-6-18(17)25-2/h3-6,9-12,14,20-21H,7-8,13H2,1-2H3,(H,22,23). The van der Waals surface area contributed by atoms with E-state index in [-0.39, 0.29) is 18.5 Å². The first kappa shape index (κ1) is 17.1. The van der Waals surface area contributed by atoms with Gasteiger partial charge < -0.3 is 20.1 Å². The molecule has 0 bridgehead atoms. The van der Waals surface area contributed by atoms with Crippen LogP contribution < -0.4 is 20.1 Å². The quantitative estimate of drug-likeness (QED) is 0.773. The maximum Gasteiger partial charge on any atom is 0.239 e. The van der Waals surface area contributed by atoms with Gasteiger partial charge in [-0.15, -0.1) is 0 Å². The maximum absolute atomic E-state index is 12.4. The average molecular weight is 340 g/mol. The lowest BCUT2D eigenvalue weighted by Gasteiger charge is -2.20. The molecule has 1 saturated carbocycles. The van der Waals surface area contributed by atoms with E-state index in [4.69, 9.17) is 9.47 Å². The van der Waals surface area contributed by atoms with Crippen LogP contribution in [0.15, 0.2) is 48.5 Å². The summed E-state index contributed by atoms with van der Waals surface area (Å²) in [6, 6.07) is 15.5. The molecule has 2 aromatic rings. The molecule has 1 aliphatic rings. The molecule has 1 unspecified atom stereocenters. The summed E-state index contributed by atoms with van der Waals surface area (Å²) in [4.78, 5) is 12.4. The lowest BCUT2D eigenvalue weighted by molar-refractivity contribution is -0.120. The van der Waals surface area contributed by atoms with E-state index in [1.165, 1.54) is 0 Å². The second-order valence-corrected chi connectivity index (χ2v) is 6.21. The summed E-state index contributed by atoms with van der Waals surface area (Å²) < 4.78 is 10.5. The number of carbonyl (C=O) groups excluding carboxylic acids is 1. The van der Waals surface area contributed by atoms with Crippen LogP contribution in [0, 0.1) is 5.92 Å². The molecular formula is C20H24N2O3. The molecular weight excluding hydrogens is 316 g/mol. The molecule has 2 N–H and O–H groups in total. The molecule has 1 fully saturated rings. The van der Waals surface area contributed by atoms with Crippen LogP contribution in [-0.4, -0.2) is 26.7 Å². The number of nitrogens with one attached hydrogen (secondary N) is 2. The van der Waals surface area contributed by atoms with Gasteiger partial charge in [0, 0.05) is 0 Å². The summed E-state index contributed by atoms with van der Waals surface area (Å²) >= 11 is 0. The van der Waals surface area contributed by atoms with E-state index in [0.29, 0.717) is 5.92 Å². The van der Waals surface area contributed by atoms with Crippen molar-refractivity contribution in [2.45, 2.75) is 18.9 Å². The number of rotatable bonds is 8. The van der Waals surface area contributed by atoms with Gasteiger partial charge in [-0.05, 0) is 48.6 Å². The Bertz CT molecular complexity index is 711. The van der Waals surface area contributed by atoms with Crippen LogP contribution in [0.2, 0.25) is 0 Å². The second kappa shape index (κ2) is 7.92. The Balaban J connectivity index is 1.61. The topological polar surface area (TPSA) is 59.6 Å². The predicted octanol–water partition coefficient (Wildman–Crippen LogP) is 3.38. The Kier molecular flexibility index (Phi) is 5.43. The number of ether oxygens (including phenoxy) is 2. The molecule has 3 rings (SSSR count). The first-order valence-electron chi connectivity index (χ1n) is 8.51. The van der Waals surface area contributed by atoms with Gasteiger partial charge in [-0.2, -0.15) is 0 Å². The first-order valence-corrected chi connectivity index (χ1v) is 8.51. The van der Waals surface area contributed by atoms with Crippen molar-refractivity contribution in [3.05, 3.63) is 54.1 Å². The molecule has 0 radical (unpaired) electrons. The summed E-state index contributed by atoms with van der Waals surface area (Å²) in [5, 5.41) is 6.30. The lowest BCUT2D eigenvalue weighted by Crippen LogP contribution is -2.34. The van der Waals surface area contributed by atoms with Gasteiger partial charge in [0.15, 0.2) is 0 Å². The molecule has 1 atom stereocenters. The van der Waals surface area contributed by atoms with Gasteiger partial charge in [0.25, 0.3) is 0 Å². The molecule has 1 amide bonds. The number of hydrogen-bond acceptors (Lipinski definition) is 4. The third-order valence-electron chi connectivity index (χ3n) is 4.43. The van der Waals surface area contributed by atoms with E-state index in [1.807, 2.05) is 48.5 Å². The van der Waals surface area contributed by atoms with Crippen LogP contribution in [0.25, 0.3) is 0 Å². The van der Waals surface area contributed by atoms with Gasteiger partial charge in [-0.3, -0.25) is 4.79 Å². The fourth-order valence-corrected chi connectivity index (χ4v) is 2.90. The number of hydrogen-bond donors (Lipinski definition) is 2. The summed E-state index contributed by atoms with van der Waals surface area (Å²) in [5.74, 6) is 2.04. The smallest absolute Gasteiger partial charge is 0.239 e. The fraction of sp³-hybridized carbons (Fsp3) is 0.350. The highest BCUT2D eigenvalue weighted by molar-refractivity contribution is 5.81. The highest BCUT2D eigenvalue weighted by atomic mass is 16.5. The van der Waals surface area contributed by atoms with Crippen molar-refractivity contribution in [2.75, 3.05) is 26.1 Å². The van der Waals surface area contributed by atoms with E-state index in [9.17, 15) is 4.79 Å². The zero-order valence-electron chi connectivity index (χ0n) is 14.6. The van der Waals surface area contributed by atoms with Gasteiger partial charge >= 0.3 is 0 Å². The van der Waals surface area contributed by atoms with Gasteiger partial charge in [0.05, 0.1) is 32.5 Å². The van der Waals surface area contributed by atoms with Crippen LogP contribution in [-0.2, 0) is 4.79 Å². The zero-order chi connectivity index (χ0) is 17.6. The highest BCUT2D eigenvalue weighted by Gasteiger charge is 2.33. The number of methoxy groups -OCH3 is 2. The largest absolute Gasteiger partial charge is 0.497 e. The number of carbonyl (C=O) groups is 1. The van der Waals surface area contributed by atoms with Crippen molar-refractivity contribution in [1.29, 1.82) is 0 Å². The van der Waals surface area contributed by atoms with E-state index in [1.54, 1.807) is 14.2 Å². The predicted molar refractivity (Wildman–Crippen MR) is 98.1 cm³/mol. The third-order valence-corrected chi connectivity index (χ3v) is 4.43. The Morgan fingerprint density at radius 1 is 1.08 bits per heavy atom. The molecule has 5 heteroatoms.